The Kier molecular flexibility index (Phi) is 4.91. The van der Waals surface area contributed by atoms with Gasteiger partial charge in [-0.3, -0.25) is 9.88 Å². The monoisotopic (exact) mass is 212 g/mol. The predicted octanol–water partition coefficient (Wildman–Crippen LogP) is 2.66. The number of pyridine rings is 1. The lowest BCUT2D eigenvalue weighted by Crippen LogP contribution is -2.22. The maximum atomic E-state index is 5.73. The van der Waals surface area contributed by atoms with Crippen molar-refractivity contribution in [3.05, 3.63) is 29.6 Å². The molecule has 0 saturated heterocycles. The Labute approximate surface area is 90.9 Å². The third-order valence-corrected chi connectivity index (χ3v) is 2.56. The molecule has 14 heavy (non-hydrogen) atoms. The molecule has 0 saturated carbocycles. The van der Waals surface area contributed by atoms with Gasteiger partial charge in [-0.15, -0.1) is 11.6 Å². The fourth-order valence-electron chi connectivity index (χ4n) is 1.37. The summed E-state index contributed by atoms with van der Waals surface area (Å²) in [4.78, 5) is 6.79. The number of aromatic nitrogens is 1. The second-order valence-electron chi connectivity index (χ2n) is 3.22. The van der Waals surface area contributed by atoms with Crippen LogP contribution in [0.5, 0.6) is 0 Å². The molecule has 0 radical (unpaired) electrons. The van der Waals surface area contributed by atoms with E-state index in [9.17, 15) is 0 Å². The lowest BCUT2D eigenvalue weighted by atomic mass is 10.3. The molecule has 0 aromatic carbocycles. The fraction of sp³-hybridized carbons (Fsp3) is 0.545. The Balaban J connectivity index is 2.65. The molecule has 2 nitrogen and oxygen atoms in total. The van der Waals surface area contributed by atoms with E-state index in [0.29, 0.717) is 5.88 Å². The molecule has 0 N–H and O–H groups in total. The summed E-state index contributed by atoms with van der Waals surface area (Å²) in [6, 6.07) is 6.02. The first-order chi connectivity index (χ1) is 6.80. The number of halogens is 1. The van der Waals surface area contributed by atoms with E-state index in [1.54, 1.807) is 0 Å². The second kappa shape index (κ2) is 5.99. The summed E-state index contributed by atoms with van der Waals surface area (Å²) in [7, 11) is 0. The summed E-state index contributed by atoms with van der Waals surface area (Å²) in [6.07, 6.45) is 0. The maximum absolute atomic E-state index is 5.73. The highest BCUT2D eigenvalue weighted by Crippen LogP contribution is 2.05. The van der Waals surface area contributed by atoms with Crippen LogP contribution < -0.4 is 0 Å². The van der Waals surface area contributed by atoms with E-state index in [-0.39, 0.29) is 0 Å². The van der Waals surface area contributed by atoms with E-state index in [1.165, 1.54) is 0 Å². The summed E-state index contributed by atoms with van der Waals surface area (Å²) in [5.41, 5.74) is 2.06. The third kappa shape index (κ3) is 3.28. The molecule has 0 spiro atoms. The molecule has 0 aliphatic rings. The summed E-state index contributed by atoms with van der Waals surface area (Å²) in [5, 5.41) is 0. The van der Waals surface area contributed by atoms with E-state index in [4.69, 9.17) is 11.6 Å². The number of nitrogens with zero attached hydrogens (tertiary/aromatic N) is 2. The first-order valence-corrected chi connectivity index (χ1v) is 5.56. The van der Waals surface area contributed by atoms with Gasteiger partial charge in [0.25, 0.3) is 0 Å². The van der Waals surface area contributed by atoms with Crippen molar-refractivity contribution in [3.63, 3.8) is 0 Å². The van der Waals surface area contributed by atoms with Crippen LogP contribution in [0.3, 0.4) is 0 Å². The average molecular weight is 213 g/mol. The van der Waals surface area contributed by atoms with Gasteiger partial charge in [0.2, 0.25) is 0 Å². The van der Waals surface area contributed by atoms with Crippen LogP contribution in [0, 0.1) is 0 Å². The zero-order valence-corrected chi connectivity index (χ0v) is 9.59. The van der Waals surface area contributed by atoms with Crippen molar-refractivity contribution in [3.8, 4) is 0 Å². The van der Waals surface area contributed by atoms with Crippen LogP contribution in [0.15, 0.2) is 18.2 Å². The summed E-state index contributed by atoms with van der Waals surface area (Å²) in [5.74, 6) is 0.492. The Morgan fingerprint density at radius 3 is 2.43 bits per heavy atom. The molecule has 0 amide bonds. The fourth-order valence-corrected chi connectivity index (χ4v) is 1.52. The van der Waals surface area contributed by atoms with Crippen molar-refractivity contribution in [1.82, 2.24) is 9.88 Å². The Morgan fingerprint density at radius 1 is 1.21 bits per heavy atom. The van der Waals surface area contributed by atoms with Crippen LogP contribution >= 0.6 is 11.6 Å². The van der Waals surface area contributed by atoms with Crippen LogP contribution in [0.25, 0.3) is 0 Å². The molecule has 0 unspecified atom stereocenters. The molecule has 1 heterocycles. The Morgan fingerprint density at radius 2 is 1.86 bits per heavy atom. The summed E-state index contributed by atoms with van der Waals surface area (Å²) < 4.78 is 0. The van der Waals surface area contributed by atoms with Gasteiger partial charge in [-0.1, -0.05) is 19.9 Å². The van der Waals surface area contributed by atoms with Gasteiger partial charge in [0.05, 0.1) is 17.3 Å². The normalized spacial score (nSPS) is 10.9. The van der Waals surface area contributed by atoms with Gasteiger partial charge in [-0.2, -0.15) is 0 Å². The standard InChI is InChI=1S/C11H17ClN2/c1-3-14(4-2)9-11-7-5-6-10(8-12)13-11/h5-7H,3-4,8-9H2,1-2H3. The minimum Gasteiger partial charge on any atom is -0.298 e. The van der Waals surface area contributed by atoms with E-state index >= 15 is 0 Å². The predicted molar refractivity (Wildman–Crippen MR) is 60.4 cm³/mol. The Hall–Kier alpha value is -0.600. The minimum atomic E-state index is 0.492. The molecule has 0 aliphatic heterocycles. The van der Waals surface area contributed by atoms with Crippen molar-refractivity contribution in [2.75, 3.05) is 13.1 Å². The smallest absolute Gasteiger partial charge is 0.0647 e. The van der Waals surface area contributed by atoms with Gasteiger partial charge >= 0.3 is 0 Å². The maximum Gasteiger partial charge on any atom is 0.0647 e. The zero-order chi connectivity index (χ0) is 10.4. The second-order valence-corrected chi connectivity index (χ2v) is 3.48. The quantitative estimate of drug-likeness (QED) is 0.698. The molecule has 0 bridgehead atoms. The first-order valence-electron chi connectivity index (χ1n) is 5.03. The van der Waals surface area contributed by atoms with Crippen molar-refractivity contribution >= 4 is 11.6 Å². The van der Waals surface area contributed by atoms with Crippen LogP contribution in [-0.4, -0.2) is 23.0 Å². The van der Waals surface area contributed by atoms with E-state index in [2.05, 4.69) is 23.7 Å². The van der Waals surface area contributed by atoms with E-state index < -0.39 is 0 Å². The molecule has 78 valence electrons. The summed E-state index contributed by atoms with van der Waals surface area (Å²) >= 11 is 5.73. The van der Waals surface area contributed by atoms with Gasteiger partial charge in [-0.05, 0) is 25.2 Å². The van der Waals surface area contributed by atoms with Crippen LogP contribution in [0.4, 0.5) is 0 Å². The highest BCUT2D eigenvalue weighted by atomic mass is 35.5. The minimum absolute atomic E-state index is 0.492. The largest absolute Gasteiger partial charge is 0.298 e. The van der Waals surface area contributed by atoms with Gasteiger partial charge in [0.15, 0.2) is 0 Å². The lowest BCUT2D eigenvalue weighted by Gasteiger charge is -2.17. The number of hydrogen-bond donors (Lipinski definition) is 0. The highest BCUT2D eigenvalue weighted by molar-refractivity contribution is 6.16. The molecular formula is C11H17ClN2. The van der Waals surface area contributed by atoms with Crippen molar-refractivity contribution in [2.24, 2.45) is 0 Å². The molecule has 1 aromatic heterocycles. The zero-order valence-electron chi connectivity index (χ0n) is 8.83. The topological polar surface area (TPSA) is 16.1 Å². The summed E-state index contributed by atoms with van der Waals surface area (Å²) in [6.45, 7) is 7.36. The molecule has 1 aromatic rings. The SMILES string of the molecule is CCN(CC)Cc1cccc(CCl)n1. The molecule has 3 heteroatoms. The third-order valence-electron chi connectivity index (χ3n) is 2.28. The lowest BCUT2D eigenvalue weighted by molar-refractivity contribution is 0.292. The number of rotatable bonds is 5. The molecular weight excluding hydrogens is 196 g/mol. The first kappa shape index (κ1) is 11.5. The van der Waals surface area contributed by atoms with Crippen molar-refractivity contribution in [2.45, 2.75) is 26.3 Å². The van der Waals surface area contributed by atoms with Crippen LogP contribution in [0.2, 0.25) is 0 Å². The van der Waals surface area contributed by atoms with Crippen molar-refractivity contribution < 1.29 is 0 Å². The van der Waals surface area contributed by atoms with Crippen LogP contribution in [-0.2, 0) is 12.4 Å². The van der Waals surface area contributed by atoms with E-state index in [0.717, 1.165) is 31.0 Å². The van der Waals surface area contributed by atoms with E-state index in [1.807, 2.05) is 18.2 Å². The van der Waals surface area contributed by atoms with Gasteiger partial charge in [0, 0.05) is 6.54 Å². The van der Waals surface area contributed by atoms with Crippen LogP contribution in [0.1, 0.15) is 25.2 Å². The Bertz CT molecular complexity index is 272. The molecule has 1 rings (SSSR count). The number of hydrogen-bond acceptors (Lipinski definition) is 2. The molecule has 0 fully saturated rings. The number of alkyl halides is 1. The molecule has 0 aliphatic carbocycles. The van der Waals surface area contributed by atoms with Crippen molar-refractivity contribution in [1.29, 1.82) is 0 Å². The average Bonchev–Trinajstić information content (AvgIpc) is 2.26. The van der Waals surface area contributed by atoms with Gasteiger partial charge < -0.3 is 0 Å². The highest BCUT2D eigenvalue weighted by Gasteiger charge is 2.02. The van der Waals surface area contributed by atoms with Gasteiger partial charge in [-0.25, -0.2) is 0 Å². The molecule has 0 atom stereocenters. The van der Waals surface area contributed by atoms with Gasteiger partial charge in [0.1, 0.15) is 0 Å².